The minimum atomic E-state index is -3.73. The highest BCUT2D eigenvalue weighted by atomic mass is 32.2. The molecular formula is C19H24N6O4S. The van der Waals surface area contributed by atoms with Gasteiger partial charge in [-0.3, -0.25) is 9.89 Å². The van der Waals surface area contributed by atoms with E-state index >= 15 is 0 Å². The van der Waals surface area contributed by atoms with Crippen LogP contribution in [0.3, 0.4) is 0 Å². The number of carbonyl (C=O) groups is 1. The number of rotatable bonds is 6. The number of hydrogen-bond acceptors (Lipinski definition) is 7. The molecule has 2 N–H and O–H groups in total. The van der Waals surface area contributed by atoms with E-state index in [1.807, 2.05) is 4.90 Å². The molecule has 160 valence electrons. The van der Waals surface area contributed by atoms with Gasteiger partial charge in [0.25, 0.3) is 5.91 Å². The Labute approximate surface area is 175 Å². The molecule has 1 aliphatic heterocycles. The number of hydrogen-bond donors (Lipinski definition) is 2. The molecule has 0 bridgehead atoms. The molecular weight excluding hydrogens is 408 g/mol. The van der Waals surface area contributed by atoms with E-state index in [0.717, 1.165) is 0 Å². The number of carbonyl (C=O) groups excluding carboxylic acids is 1. The average molecular weight is 433 g/mol. The van der Waals surface area contributed by atoms with Crippen molar-refractivity contribution < 1.29 is 17.9 Å². The van der Waals surface area contributed by atoms with Crippen molar-refractivity contribution in [3.63, 3.8) is 0 Å². The molecule has 3 rings (SSSR count). The minimum absolute atomic E-state index is 0.0190. The zero-order valence-corrected chi connectivity index (χ0v) is 17.9. The Morgan fingerprint density at radius 1 is 1.37 bits per heavy atom. The highest BCUT2D eigenvalue weighted by Gasteiger charge is 2.25. The number of anilines is 2. The number of H-pyrrole nitrogens is 1. The minimum Gasteiger partial charge on any atom is -0.378 e. The topological polar surface area (TPSA) is 131 Å². The molecule has 0 unspecified atom stereocenters. The number of sulfonamides is 1. The zero-order valence-electron chi connectivity index (χ0n) is 17.0. The Morgan fingerprint density at radius 3 is 2.70 bits per heavy atom. The molecule has 11 heteroatoms. The van der Waals surface area contributed by atoms with E-state index in [4.69, 9.17) is 4.74 Å². The Hall–Kier alpha value is -2.94. The summed E-state index contributed by atoms with van der Waals surface area (Å²) in [5, 5.41) is 19.0. The van der Waals surface area contributed by atoms with Crippen LogP contribution in [0.25, 0.3) is 0 Å². The first-order chi connectivity index (χ1) is 14.3. The lowest BCUT2D eigenvalue weighted by Crippen LogP contribution is -2.36. The lowest BCUT2D eigenvalue weighted by molar-refractivity contribution is 0.102. The second-order valence-corrected chi connectivity index (χ2v) is 9.10. The van der Waals surface area contributed by atoms with Gasteiger partial charge in [0, 0.05) is 31.7 Å². The number of benzene rings is 1. The van der Waals surface area contributed by atoms with Gasteiger partial charge >= 0.3 is 0 Å². The summed E-state index contributed by atoms with van der Waals surface area (Å²) in [7, 11) is -2.24. The number of ether oxygens (including phenoxy) is 1. The molecule has 1 fully saturated rings. The molecule has 0 atom stereocenters. The van der Waals surface area contributed by atoms with Crippen LogP contribution in [0.15, 0.2) is 29.2 Å². The quantitative estimate of drug-likeness (QED) is 0.705. The summed E-state index contributed by atoms with van der Waals surface area (Å²) < 4.78 is 32.0. The Morgan fingerprint density at radius 2 is 2.07 bits per heavy atom. The maximum absolute atomic E-state index is 12.7. The van der Waals surface area contributed by atoms with Crippen LogP contribution in [0.2, 0.25) is 0 Å². The Kier molecular flexibility index (Phi) is 6.40. The number of aromatic amines is 1. The number of amides is 1. The van der Waals surface area contributed by atoms with Crippen LogP contribution < -0.4 is 10.2 Å². The summed E-state index contributed by atoms with van der Waals surface area (Å²) in [6, 6.07) is 7.61. The number of morpholine rings is 1. The molecule has 0 radical (unpaired) electrons. The van der Waals surface area contributed by atoms with Gasteiger partial charge in [-0.1, -0.05) is 6.07 Å². The highest BCUT2D eigenvalue weighted by Crippen LogP contribution is 2.25. The van der Waals surface area contributed by atoms with E-state index in [2.05, 4.69) is 21.6 Å². The molecule has 0 saturated carbocycles. The van der Waals surface area contributed by atoms with Crippen molar-refractivity contribution >= 4 is 27.6 Å². The van der Waals surface area contributed by atoms with E-state index in [1.54, 1.807) is 13.8 Å². The van der Waals surface area contributed by atoms with Crippen molar-refractivity contribution in [3.05, 3.63) is 35.4 Å². The van der Waals surface area contributed by atoms with Crippen molar-refractivity contribution in [1.82, 2.24) is 14.5 Å². The largest absolute Gasteiger partial charge is 0.378 e. The summed E-state index contributed by atoms with van der Waals surface area (Å²) >= 11 is 0. The van der Waals surface area contributed by atoms with Crippen molar-refractivity contribution in [2.24, 2.45) is 0 Å². The molecule has 1 amide bonds. The average Bonchev–Trinajstić information content (AvgIpc) is 3.16. The summed E-state index contributed by atoms with van der Waals surface area (Å²) in [5.41, 5.74) is 0.369. The van der Waals surface area contributed by atoms with Gasteiger partial charge in [0.1, 0.15) is 17.5 Å². The van der Waals surface area contributed by atoms with Crippen LogP contribution in [0.5, 0.6) is 0 Å². The lowest BCUT2D eigenvalue weighted by atomic mass is 10.2. The van der Waals surface area contributed by atoms with Gasteiger partial charge in [0.15, 0.2) is 5.82 Å². The van der Waals surface area contributed by atoms with E-state index in [0.29, 0.717) is 32.1 Å². The maximum Gasteiger partial charge on any atom is 0.256 e. The Balaban J connectivity index is 1.84. The number of nitrogens with one attached hydrogen (secondary N) is 2. The molecule has 1 aromatic carbocycles. The molecule has 0 aliphatic carbocycles. The zero-order chi connectivity index (χ0) is 21.9. The fraction of sp³-hybridized carbons (Fsp3) is 0.421. The lowest BCUT2D eigenvalue weighted by Gasteiger charge is -2.26. The summed E-state index contributed by atoms with van der Waals surface area (Å²) in [6.45, 7) is 5.78. The van der Waals surface area contributed by atoms with Gasteiger partial charge in [0.05, 0.1) is 18.1 Å². The monoisotopic (exact) mass is 432 g/mol. The van der Waals surface area contributed by atoms with Crippen molar-refractivity contribution in [2.75, 3.05) is 43.6 Å². The standard InChI is InChI=1S/C19H24N6O4S/c1-13(2)24(3)30(27,28)15-6-4-5-14(11-15)19(26)21-17-16(12-20)18(23-22-17)25-7-9-29-10-8-25/h4-6,11,13H,7-10H2,1-3H3,(H2,21,22,23,26). The first kappa shape index (κ1) is 21.8. The summed E-state index contributed by atoms with van der Waals surface area (Å²) in [5.74, 6) is 0.0652. The SMILES string of the molecule is CC(C)N(C)S(=O)(=O)c1cccc(C(=O)Nc2[nH]nc(N3CCOCC3)c2C#N)c1. The molecule has 10 nitrogen and oxygen atoms in total. The van der Waals surface area contributed by atoms with Crippen molar-refractivity contribution in [2.45, 2.75) is 24.8 Å². The summed E-state index contributed by atoms with van der Waals surface area (Å²) in [6.07, 6.45) is 0. The molecule has 2 heterocycles. The summed E-state index contributed by atoms with van der Waals surface area (Å²) in [4.78, 5) is 14.7. The van der Waals surface area contributed by atoms with Gasteiger partial charge < -0.3 is 15.0 Å². The third-order valence-electron chi connectivity index (χ3n) is 4.91. The highest BCUT2D eigenvalue weighted by molar-refractivity contribution is 7.89. The second kappa shape index (κ2) is 8.83. The normalized spacial score (nSPS) is 14.7. The van der Waals surface area contributed by atoms with Crippen LogP contribution in [0.4, 0.5) is 11.6 Å². The molecule has 30 heavy (non-hydrogen) atoms. The van der Waals surface area contributed by atoms with Crippen LogP contribution in [-0.2, 0) is 14.8 Å². The van der Waals surface area contributed by atoms with Gasteiger partial charge in [-0.05, 0) is 32.0 Å². The van der Waals surface area contributed by atoms with Crippen LogP contribution in [0, 0.1) is 11.3 Å². The number of nitriles is 1. The van der Waals surface area contributed by atoms with E-state index in [-0.39, 0.29) is 27.9 Å². The van der Waals surface area contributed by atoms with E-state index in [1.165, 1.54) is 35.6 Å². The van der Waals surface area contributed by atoms with Crippen LogP contribution in [0.1, 0.15) is 29.8 Å². The predicted octanol–water partition coefficient (Wildman–Crippen LogP) is 1.40. The maximum atomic E-state index is 12.7. The van der Waals surface area contributed by atoms with Gasteiger partial charge in [-0.15, -0.1) is 0 Å². The smallest absolute Gasteiger partial charge is 0.256 e. The first-order valence-corrected chi connectivity index (χ1v) is 10.9. The molecule has 2 aromatic rings. The predicted molar refractivity (Wildman–Crippen MR) is 111 cm³/mol. The molecule has 1 aliphatic rings. The Bertz CT molecular complexity index is 1070. The molecule has 1 aromatic heterocycles. The van der Waals surface area contributed by atoms with E-state index in [9.17, 15) is 18.5 Å². The van der Waals surface area contributed by atoms with Gasteiger partial charge in [-0.25, -0.2) is 8.42 Å². The number of aromatic nitrogens is 2. The van der Waals surface area contributed by atoms with Crippen LogP contribution in [-0.4, -0.2) is 68.2 Å². The second-order valence-electron chi connectivity index (χ2n) is 7.11. The van der Waals surface area contributed by atoms with Gasteiger partial charge in [0.2, 0.25) is 10.0 Å². The van der Waals surface area contributed by atoms with Gasteiger partial charge in [-0.2, -0.15) is 14.7 Å². The first-order valence-electron chi connectivity index (χ1n) is 9.46. The van der Waals surface area contributed by atoms with Crippen LogP contribution >= 0.6 is 0 Å². The van der Waals surface area contributed by atoms with E-state index < -0.39 is 15.9 Å². The molecule has 0 spiro atoms. The van der Waals surface area contributed by atoms with Crippen molar-refractivity contribution in [1.29, 1.82) is 5.26 Å². The third-order valence-corrected chi connectivity index (χ3v) is 6.94. The fourth-order valence-electron chi connectivity index (χ4n) is 2.96. The number of nitrogens with zero attached hydrogens (tertiary/aromatic N) is 4. The van der Waals surface area contributed by atoms with Crippen molar-refractivity contribution in [3.8, 4) is 6.07 Å². The molecule has 1 saturated heterocycles. The fourth-order valence-corrected chi connectivity index (χ4v) is 4.37. The third kappa shape index (κ3) is 4.30.